The van der Waals surface area contributed by atoms with Crippen LogP contribution in [0.4, 0.5) is 0 Å². The summed E-state index contributed by atoms with van der Waals surface area (Å²) in [7, 11) is 7.21. The minimum absolute atomic E-state index is 0.349. The number of nitrogens with zero attached hydrogens (tertiary/aromatic N) is 2. The molecule has 6 nitrogen and oxygen atoms in total. The van der Waals surface area contributed by atoms with E-state index in [1.54, 1.807) is 25.3 Å². The zero-order chi connectivity index (χ0) is 18.4. The lowest BCUT2D eigenvalue weighted by atomic mass is 9.94. The lowest BCUT2D eigenvalue weighted by Gasteiger charge is -2.15. The van der Waals surface area contributed by atoms with Crippen molar-refractivity contribution in [3.63, 3.8) is 0 Å². The quantitative estimate of drug-likeness (QED) is 0.481. The van der Waals surface area contributed by atoms with Crippen LogP contribution in [0.15, 0.2) is 41.5 Å². The number of allylic oxidation sites excluding steroid dienone is 1. The summed E-state index contributed by atoms with van der Waals surface area (Å²) in [4.78, 5) is 12.7. The first-order valence-corrected chi connectivity index (χ1v) is 8.42. The number of hydrogen-bond donors (Lipinski definition) is 2. The third-order valence-electron chi connectivity index (χ3n) is 3.53. The SMILES string of the molecule is [B]C1NN=C(NC(=O)/C(C=C)=C(/CC)c2cc(C#N)ccc2OC)S1. The second kappa shape index (κ2) is 8.44. The van der Waals surface area contributed by atoms with Crippen LogP contribution in [0.3, 0.4) is 0 Å². The van der Waals surface area contributed by atoms with Gasteiger partial charge in [-0.2, -0.15) is 10.4 Å². The highest BCUT2D eigenvalue weighted by Gasteiger charge is 2.21. The number of methoxy groups -OCH3 is 1. The number of amides is 1. The molecule has 1 atom stereocenters. The van der Waals surface area contributed by atoms with Gasteiger partial charge in [0.1, 0.15) is 13.6 Å². The maximum Gasteiger partial charge on any atom is 0.257 e. The van der Waals surface area contributed by atoms with Crippen LogP contribution >= 0.6 is 11.8 Å². The van der Waals surface area contributed by atoms with Gasteiger partial charge in [0.2, 0.25) is 0 Å². The number of rotatable bonds is 5. The van der Waals surface area contributed by atoms with Gasteiger partial charge in [-0.25, -0.2) is 0 Å². The number of carbonyl (C=O) groups excluding carboxylic acids is 1. The number of hydrogen-bond acceptors (Lipinski definition) is 6. The van der Waals surface area contributed by atoms with Crippen LogP contribution in [0.5, 0.6) is 5.75 Å². The monoisotopic (exact) mass is 352 g/mol. The molecule has 1 aliphatic rings. The average Bonchev–Trinajstić information content (AvgIpc) is 3.03. The van der Waals surface area contributed by atoms with E-state index >= 15 is 0 Å². The maximum atomic E-state index is 12.7. The average molecular weight is 352 g/mol. The molecular formula is C17H17BN4O2S. The Kier molecular flexibility index (Phi) is 6.31. The van der Waals surface area contributed by atoms with Crippen molar-refractivity contribution in [1.82, 2.24) is 10.7 Å². The van der Waals surface area contributed by atoms with Crippen molar-refractivity contribution in [1.29, 1.82) is 5.26 Å². The van der Waals surface area contributed by atoms with Crippen molar-refractivity contribution in [2.24, 2.45) is 5.10 Å². The molecule has 1 aliphatic heterocycles. The molecule has 1 aromatic carbocycles. The van der Waals surface area contributed by atoms with Crippen molar-refractivity contribution in [3.8, 4) is 11.8 Å². The molecule has 0 aromatic heterocycles. The maximum absolute atomic E-state index is 12.7. The summed E-state index contributed by atoms with van der Waals surface area (Å²) >= 11 is 1.21. The molecule has 126 valence electrons. The topological polar surface area (TPSA) is 86.5 Å². The molecule has 2 rings (SSSR count). The Labute approximate surface area is 152 Å². The van der Waals surface area contributed by atoms with E-state index in [2.05, 4.69) is 28.5 Å². The smallest absolute Gasteiger partial charge is 0.257 e. The minimum Gasteiger partial charge on any atom is -0.496 e. The lowest BCUT2D eigenvalue weighted by Crippen LogP contribution is -2.29. The minimum atomic E-state index is -0.385. The molecule has 2 N–H and O–H groups in total. The van der Waals surface area contributed by atoms with Crippen LogP contribution < -0.4 is 15.5 Å². The van der Waals surface area contributed by atoms with E-state index in [0.717, 1.165) is 5.57 Å². The molecular weight excluding hydrogens is 335 g/mol. The molecule has 8 heteroatoms. The highest BCUT2D eigenvalue weighted by atomic mass is 32.2. The number of amidine groups is 1. The summed E-state index contributed by atoms with van der Waals surface area (Å²) in [6.45, 7) is 5.67. The van der Waals surface area contributed by atoms with E-state index in [1.807, 2.05) is 6.92 Å². The van der Waals surface area contributed by atoms with Gasteiger partial charge < -0.3 is 10.2 Å². The van der Waals surface area contributed by atoms with Gasteiger partial charge in [-0.15, -0.1) is 0 Å². The predicted molar refractivity (Wildman–Crippen MR) is 101 cm³/mol. The van der Waals surface area contributed by atoms with Gasteiger partial charge >= 0.3 is 0 Å². The summed E-state index contributed by atoms with van der Waals surface area (Å²) < 4.78 is 5.39. The molecule has 0 saturated heterocycles. The third kappa shape index (κ3) is 4.25. The van der Waals surface area contributed by atoms with Crippen LogP contribution in [-0.4, -0.2) is 31.3 Å². The van der Waals surface area contributed by atoms with Gasteiger partial charge in [0.15, 0.2) is 5.17 Å². The molecule has 0 fully saturated rings. The first-order chi connectivity index (χ1) is 12.0. The molecule has 0 aliphatic carbocycles. The number of thioether (sulfide) groups is 1. The predicted octanol–water partition coefficient (Wildman–Crippen LogP) is 2.09. The molecule has 25 heavy (non-hydrogen) atoms. The van der Waals surface area contributed by atoms with Crippen molar-refractivity contribution in [2.75, 3.05) is 7.11 Å². The van der Waals surface area contributed by atoms with Crippen LogP contribution in [0.2, 0.25) is 0 Å². The standard InChI is InChI=1S/C17H17BN4O2S/c1-4-11(13-8-10(9-19)6-7-14(13)24-3)12(5-2)15(23)20-17-22-21-16(18)25-17/h5-8,16,21H,2,4H2,1,3H3,(H,20,22,23)/b12-11-. The van der Waals surface area contributed by atoms with Gasteiger partial charge in [-0.05, 0) is 30.2 Å². The Bertz CT molecular complexity index is 798. The molecule has 1 heterocycles. The van der Waals surface area contributed by atoms with Crippen molar-refractivity contribution < 1.29 is 9.53 Å². The molecule has 1 aromatic rings. The van der Waals surface area contributed by atoms with E-state index in [0.29, 0.717) is 34.0 Å². The van der Waals surface area contributed by atoms with Crippen LogP contribution in [0, 0.1) is 11.3 Å². The van der Waals surface area contributed by atoms with E-state index in [1.165, 1.54) is 17.8 Å². The third-order valence-corrected chi connectivity index (χ3v) is 4.31. The summed E-state index contributed by atoms with van der Waals surface area (Å²) in [5.74, 6) is 0.234. The Balaban J connectivity index is 2.45. The van der Waals surface area contributed by atoms with Crippen molar-refractivity contribution in [3.05, 3.63) is 47.6 Å². The zero-order valence-corrected chi connectivity index (χ0v) is 14.8. The molecule has 1 unspecified atom stereocenters. The fraction of sp³-hybridized carbons (Fsp3) is 0.235. The highest BCUT2D eigenvalue weighted by Crippen LogP contribution is 2.32. The van der Waals surface area contributed by atoms with Gasteiger partial charge in [0.05, 0.1) is 24.0 Å². The normalized spacial score (nSPS) is 16.8. The molecule has 2 radical (unpaired) electrons. The largest absolute Gasteiger partial charge is 0.496 e. The van der Waals surface area contributed by atoms with E-state index < -0.39 is 0 Å². The Morgan fingerprint density at radius 3 is 2.92 bits per heavy atom. The first-order valence-electron chi connectivity index (χ1n) is 7.54. The zero-order valence-electron chi connectivity index (χ0n) is 14.0. The number of hydrazone groups is 1. The molecule has 0 saturated carbocycles. The second-order valence-corrected chi connectivity index (χ2v) is 6.15. The molecule has 0 bridgehead atoms. The van der Waals surface area contributed by atoms with Gasteiger partial charge in [0.25, 0.3) is 5.91 Å². The Morgan fingerprint density at radius 2 is 2.40 bits per heavy atom. The van der Waals surface area contributed by atoms with Crippen LogP contribution in [0.1, 0.15) is 24.5 Å². The van der Waals surface area contributed by atoms with Crippen molar-refractivity contribution >= 4 is 36.3 Å². The van der Waals surface area contributed by atoms with Gasteiger partial charge in [-0.3, -0.25) is 10.1 Å². The Morgan fingerprint density at radius 1 is 1.64 bits per heavy atom. The van der Waals surface area contributed by atoms with Crippen LogP contribution in [0.25, 0.3) is 5.57 Å². The number of ether oxygens (including phenoxy) is 1. The Hall–Kier alpha value is -2.66. The fourth-order valence-electron chi connectivity index (χ4n) is 2.41. The molecule has 1 amide bonds. The summed E-state index contributed by atoms with van der Waals surface area (Å²) in [5, 5.41) is 15.8. The number of benzene rings is 1. The van der Waals surface area contributed by atoms with Gasteiger partial charge in [0, 0.05) is 11.1 Å². The number of nitrogens with one attached hydrogen (secondary N) is 2. The molecule has 0 spiro atoms. The first kappa shape index (κ1) is 18.7. The lowest BCUT2D eigenvalue weighted by molar-refractivity contribution is -0.115. The van der Waals surface area contributed by atoms with E-state index in [9.17, 15) is 4.79 Å². The number of carbonyl (C=O) groups is 1. The van der Waals surface area contributed by atoms with Gasteiger partial charge in [-0.1, -0.05) is 31.3 Å². The highest BCUT2D eigenvalue weighted by molar-refractivity contribution is 8.15. The fourth-order valence-corrected chi connectivity index (χ4v) is 3.01. The van der Waals surface area contributed by atoms with Crippen molar-refractivity contribution in [2.45, 2.75) is 18.6 Å². The number of nitriles is 1. The second-order valence-electron chi connectivity index (χ2n) is 5.02. The van der Waals surface area contributed by atoms with E-state index in [-0.39, 0.29) is 11.2 Å². The summed E-state index contributed by atoms with van der Waals surface area (Å²) in [6.07, 6.45) is 2.04. The van der Waals surface area contributed by atoms with E-state index in [4.69, 9.17) is 17.8 Å². The van der Waals surface area contributed by atoms with Crippen LogP contribution in [-0.2, 0) is 4.79 Å². The summed E-state index contributed by atoms with van der Waals surface area (Å²) in [5.41, 5.74) is 4.94. The summed E-state index contributed by atoms with van der Waals surface area (Å²) in [6, 6.07) is 7.18.